The van der Waals surface area contributed by atoms with E-state index in [9.17, 15) is 4.79 Å². The van der Waals surface area contributed by atoms with Crippen molar-refractivity contribution < 1.29 is 4.79 Å². The number of nitrogens with one attached hydrogen (secondary N) is 2. The number of hydrogen-bond donors (Lipinski definition) is 2. The Bertz CT molecular complexity index is 745. The van der Waals surface area contributed by atoms with Crippen LogP contribution in [0.3, 0.4) is 0 Å². The van der Waals surface area contributed by atoms with Crippen molar-refractivity contribution in [3.8, 4) is 0 Å². The van der Waals surface area contributed by atoms with E-state index in [0.717, 1.165) is 44.5 Å². The van der Waals surface area contributed by atoms with Crippen molar-refractivity contribution >= 4 is 5.91 Å². The summed E-state index contributed by atoms with van der Waals surface area (Å²) < 4.78 is 1.93. The molecule has 0 spiro atoms. The summed E-state index contributed by atoms with van der Waals surface area (Å²) >= 11 is 0. The SMILES string of the molecule is CCC(CC)(CNC(=O)c1nnn(C2CCNCC2)c1C)c1ccccc1. The summed E-state index contributed by atoms with van der Waals surface area (Å²) in [6, 6.07) is 10.8. The van der Waals surface area contributed by atoms with Gasteiger partial charge in [0.2, 0.25) is 0 Å². The van der Waals surface area contributed by atoms with Gasteiger partial charge < -0.3 is 10.6 Å². The van der Waals surface area contributed by atoms with Crippen LogP contribution in [0.25, 0.3) is 0 Å². The Labute approximate surface area is 161 Å². The van der Waals surface area contributed by atoms with E-state index < -0.39 is 0 Å². The van der Waals surface area contributed by atoms with Crippen molar-refractivity contribution in [1.82, 2.24) is 25.6 Å². The lowest BCUT2D eigenvalue weighted by molar-refractivity contribution is 0.0935. The molecule has 2 heterocycles. The number of amides is 1. The first kappa shape index (κ1) is 19.5. The van der Waals surface area contributed by atoms with Gasteiger partial charge in [0.25, 0.3) is 5.91 Å². The van der Waals surface area contributed by atoms with Crippen LogP contribution in [0.1, 0.15) is 67.3 Å². The van der Waals surface area contributed by atoms with E-state index in [4.69, 9.17) is 0 Å². The molecule has 0 unspecified atom stereocenters. The topological polar surface area (TPSA) is 71.8 Å². The number of carbonyl (C=O) groups is 1. The summed E-state index contributed by atoms with van der Waals surface area (Å²) in [7, 11) is 0. The number of nitrogens with zero attached hydrogens (tertiary/aromatic N) is 3. The predicted octanol–water partition coefficient (Wildman–Crippen LogP) is 3.00. The Morgan fingerprint density at radius 2 is 1.89 bits per heavy atom. The van der Waals surface area contributed by atoms with Gasteiger partial charge in [-0.15, -0.1) is 5.10 Å². The molecular weight excluding hydrogens is 338 g/mol. The van der Waals surface area contributed by atoms with Crippen molar-refractivity contribution in [2.75, 3.05) is 19.6 Å². The second-order valence-electron chi connectivity index (χ2n) is 7.49. The molecule has 1 saturated heterocycles. The molecule has 1 aliphatic rings. The van der Waals surface area contributed by atoms with E-state index in [0.29, 0.717) is 18.3 Å². The van der Waals surface area contributed by atoms with E-state index in [1.54, 1.807) is 0 Å². The van der Waals surface area contributed by atoms with Crippen LogP contribution < -0.4 is 10.6 Å². The van der Waals surface area contributed by atoms with Gasteiger partial charge in [0, 0.05) is 12.0 Å². The third-order valence-corrected chi connectivity index (χ3v) is 6.12. The van der Waals surface area contributed by atoms with Gasteiger partial charge >= 0.3 is 0 Å². The maximum absolute atomic E-state index is 12.8. The van der Waals surface area contributed by atoms with E-state index in [1.165, 1.54) is 5.56 Å². The van der Waals surface area contributed by atoms with Crippen LogP contribution in [0, 0.1) is 6.92 Å². The molecule has 2 N–H and O–H groups in total. The molecule has 1 aromatic heterocycles. The fraction of sp³-hybridized carbons (Fsp3) is 0.571. The van der Waals surface area contributed by atoms with Gasteiger partial charge in [-0.05, 0) is 51.3 Å². The lowest BCUT2D eigenvalue weighted by Crippen LogP contribution is -2.40. The summed E-state index contributed by atoms with van der Waals surface area (Å²) in [5, 5.41) is 15.0. The number of carbonyl (C=O) groups excluding carboxylic acids is 1. The van der Waals surface area contributed by atoms with Crippen LogP contribution in [-0.2, 0) is 5.41 Å². The van der Waals surface area contributed by atoms with Crippen LogP contribution in [0.15, 0.2) is 30.3 Å². The summed E-state index contributed by atoms with van der Waals surface area (Å²) in [5.41, 5.74) is 2.52. The molecule has 0 saturated carbocycles. The molecule has 6 nitrogen and oxygen atoms in total. The number of benzene rings is 1. The van der Waals surface area contributed by atoms with E-state index in [2.05, 4.69) is 59.1 Å². The highest BCUT2D eigenvalue weighted by molar-refractivity contribution is 5.93. The third kappa shape index (κ3) is 4.05. The number of hydrogen-bond acceptors (Lipinski definition) is 4. The van der Waals surface area contributed by atoms with E-state index in [1.807, 2.05) is 17.7 Å². The van der Waals surface area contributed by atoms with Gasteiger partial charge in [0.15, 0.2) is 5.69 Å². The summed E-state index contributed by atoms with van der Waals surface area (Å²) in [4.78, 5) is 12.8. The lowest BCUT2D eigenvalue weighted by atomic mass is 9.76. The average Bonchev–Trinajstić information content (AvgIpc) is 3.12. The van der Waals surface area contributed by atoms with Crippen molar-refractivity contribution in [3.05, 3.63) is 47.3 Å². The van der Waals surface area contributed by atoms with Gasteiger partial charge in [-0.2, -0.15) is 0 Å². The number of aromatic nitrogens is 3. The minimum absolute atomic E-state index is 0.0597. The molecular formula is C21H31N5O. The molecule has 0 radical (unpaired) electrons. The van der Waals surface area contributed by atoms with Gasteiger partial charge in [0.1, 0.15) is 0 Å². The third-order valence-electron chi connectivity index (χ3n) is 6.12. The number of piperidine rings is 1. The van der Waals surface area contributed by atoms with Crippen molar-refractivity contribution in [2.45, 2.75) is 57.9 Å². The van der Waals surface area contributed by atoms with Gasteiger partial charge in [-0.1, -0.05) is 49.4 Å². The first-order valence-electron chi connectivity index (χ1n) is 10.1. The summed E-state index contributed by atoms with van der Waals surface area (Å²) in [5.74, 6) is -0.130. The Morgan fingerprint density at radius 3 is 2.52 bits per heavy atom. The Morgan fingerprint density at radius 1 is 1.22 bits per heavy atom. The maximum Gasteiger partial charge on any atom is 0.273 e. The monoisotopic (exact) mass is 369 g/mol. The van der Waals surface area contributed by atoms with Crippen LogP contribution in [0.2, 0.25) is 0 Å². The molecule has 0 atom stereocenters. The lowest BCUT2D eigenvalue weighted by Gasteiger charge is -2.32. The Hall–Kier alpha value is -2.21. The van der Waals surface area contributed by atoms with Crippen LogP contribution in [0.4, 0.5) is 0 Å². The van der Waals surface area contributed by atoms with Crippen molar-refractivity contribution in [3.63, 3.8) is 0 Å². The molecule has 1 aromatic carbocycles. The van der Waals surface area contributed by atoms with E-state index >= 15 is 0 Å². The quantitative estimate of drug-likeness (QED) is 0.787. The molecule has 6 heteroatoms. The molecule has 27 heavy (non-hydrogen) atoms. The zero-order chi connectivity index (χ0) is 19.3. The highest BCUT2D eigenvalue weighted by atomic mass is 16.2. The van der Waals surface area contributed by atoms with Crippen LogP contribution in [-0.4, -0.2) is 40.5 Å². The fourth-order valence-corrected chi connectivity index (χ4v) is 4.08. The average molecular weight is 370 g/mol. The highest BCUT2D eigenvalue weighted by Crippen LogP contribution is 2.31. The second kappa shape index (κ2) is 8.65. The maximum atomic E-state index is 12.8. The largest absolute Gasteiger partial charge is 0.350 e. The molecule has 1 amide bonds. The van der Waals surface area contributed by atoms with Crippen LogP contribution >= 0.6 is 0 Å². The molecule has 2 aromatic rings. The standard InChI is InChI=1S/C21H31N5O/c1-4-21(5-2,17-9-7-6-8-10-17)15-23-20(27)19-16(3)26(25-24-19)18-11-13-22-14-12-18/h6-10,18,22H,4-5,11-15H2,1-3H3,(H,23,27). The molecule has 1 aliphatic heterocycles. The highest BCUT2D eigenvalue weighted by Gasteiger charge is 2.30. The molecule has 3 rings (SSSR count). The first-order valence-corrected chi connectivity index (χ1v) is 10.1. The van der Waals surface area contributed by atoms with Gasteiger partial charge in [0.05, 0.1) is 11.7 Å². The molecule has 146 valence electrons. The molecule has 1 fully saturated rings. The molecule has 0 bridgehead atoms. The Balaban J connectivity index is 1.72. The van der Waals surface area contributed by atoms with E-state index in [-0.39, 0.29) is 11.3 Å². The van der Waals surface area contributed by atoms with Gasteiger partial charge in [-0.25, -0.2) is 4.68 Å². The zero-order valence-corrected chi connectivity index (χ0v) is 16.7. The van der Waals surface area contributed by atoms with Gasteiger partial charge in [-0.3, -0.25) is 4.79 Å². The van der Waals surface area contributed by atoms with Crippen molar-refractivity contribution in [1.29, 1.82) is 0 Å². The summed E-state index contributed by atoms with van der Waals surface area (Å²) in [6.45, 7) is 8.88. The second-order valence-corrected chi connectivity index (χ2v) is 7.49. The minimum Gasteiger partial charge on any atom is -0.350 e. The zero-order valence-electron chi connectivity index (χ0n) is 16.7. The fourth-order valence-electron chi connectivity index (χ4n) is 4.08. The molecule has 0 aliphatic carbocycles. The Kier molecular flexibility index (Phi) is 6.26. The smallest absolute Gasteiger partial charge is 0.273 e. The summed E-state index contributed by atoms with van der Waals surface area (Å²) in [6.07, 6.45) is 3.98. The number of rotatable bonds is 7. The first-order chi connectivity index (χ1) is 13.1. The normalized spacial score (nSPS) is 15.7. The predicted molar refractivity (Wildman–Crippen MR) is 107 cm³/mol. The van der Waals surface area contributed by atoms with Crippen molar-refractivity contribution in [2.24, 2.45) is 0 Å². The van der Waals surface area contributed by atoms with Crippen LogP contribution in [0.5, 0.6) is 0 Å². The minimum atomic E-state index is -0.130.